The molecule has 0 saturated heterocycles. The van der Waals surface area contributed by atoms with Crippen molar-refractivity contribution in [2.24, 2.45) is 11.8 Å². The maximum Gasteiger partial charge on any atom is 0.416 e. The molecule has 1 aliphatic rings. The Morgan fingerprint density at radius 1 is 1.24 bits per heavy atom. The molecule has 0 heterocycles. The first kappa shape index (κ1) is 15.5. The van der Waals surface area contributed by atoms with Gasteiger partial charge in [-0.05, 0) is 37.3 Å². The van der Waals surface area contributed by atoms with Crippen LogP contribution in [0.15, 0.2) is 24.3 Å². The third-order valence-corrected chi connectivity index (χ3v) is 3.88. The molecule has 1 fully saturated rings. The Labute approximate surface area is 119 Å². The van der Waals surface area contributed by atoms with E-state index >= 15 is 0 Å². The lowest BCUT2D eigenvalue weighted by Crippen LogP contribution is -2.12. The van der Waals surface area contributed by atoms with Crippen molar-refractivity contribution < 1.29 is 27.9 Å². The second-order valence-electron chi connectivity index (χ2n) is 5.42. The van der Waals surface area contributed by atoms with Crippen molar-refractivity contribution in [3.05, 3.63) is 35.4 Å². The molecule has 1 aliphatic carbocycles. The van der Waals surface area contributed by atoms with E-state index in [0.29, 0.717) is 19.3 Å². The number of carbonyl (C=O) groups is 2. The Hall–Kier alpha value is -1.85. The minimum atomic E-state index is -4.47. The fraction of sp³-hybridized carbons (Fsp3) is 0.467. The number of rotatable bonds is 4. The third-order valence-electron chi connectivity index (χ3n) is 3.88. The maximum absolute atomic E-state index is 12.6. The fourth-order valence-corrected chi connectivity index (χ4v) is 2.73. The van der Waals surface area contributed by atoms with Gasteiger partial charge in [-0.1, -0.05) is 12.1 Å². The van der Waals surface area contributed by atoms with Gasteiger partial charge in [0.15, 0.2) is 5.78 Å². The number of carboxylic acid groups (broad SMARTS) is 1. The highest BCUT2D eigenvalue weighted by Crippen LogP contribution is 2.34. The molecule has 0 radical (unpaired) electrons. The normalized spacial score (nSPS) is 22.2. The number of halogens is 3. The number of aliphatic carboxylic acids is 1. The zero-order valence-electron chi connectivity index (χ0n) is 11.2. The summed E-state index contributed by atoms with van der Waals surface area (Å²) in [6.07, 6.45) is -2.80. The Kier molecular flexibility index (Phi) is 4.34. The molecule has 21 heavy (non-hydrogen) atoms. The van der Waals surface area contributed by atoms with Gasteiger partial charge in [-0.25, -0.2) is 0 Å². The molecule has 3 nitrogen and oxygen atoms in total. The van der Waals surface area contributed by atoms with Gasteiger partial charge in [0.25, 0.3) is 0 Å². The molecule has 1 aromatic rings. The molecule has 0 spiro atoms. The molecule has 0 aliphatic heterocycles. The number of carboxylic acids is 1. The van der Waals surface area contributed by atoms with E-state index in [1.807, 2.05) is 0 Å². The quantitative estimate of drug-likeness (QED) is 0.861. The van der Waals surface area contributed by atoms with Crippen molar-refractivity contribution in [3.8, 4) is 0 Å². The molecule has 114 valence electrons. The Bertz CT molecular complexity index is 551. The first-order chi connectivity index (χ1) is 9.77. The minimum absolute atomic E-state index is 0.0311. The first-order valence-electron chi connectivity index (χ1n) is 6.70. The summed E-state index contributed by atoms with van der Waals surface area (Å²) in [7, 11) is 0. The van der Waals surface area contributed by atoms with Gasteiger partial charge >= 0.3 is 12.1 Å². The minimum Gasteiger partial charge on any atom is -0.481 e. The topological polar surface area (TPSA) is 54.4 Å². The Balaban J connectivity index is 2.03. The molecule has 1 aromatic carbocycles. The monoisotopic (exact) mass is 300 g/mol. The average Bonchev–Trinajstić information content (AvgIpc) is 2.86. The largest absolute Gasteiger partial charge is 0.481 e. The van der Waals surface area contributed by atoms with Crippen LogP contribution in [0.3, 0.4) is 0 Å². The Morgan fingerprint density at radius 2 is 1.95 bits per heavy atom. The highest BCUT2D eigenvalue weighted by molar-refractivity contribution is 5.96. The first-order valence-corrected chi connectivity index (χ1v) is 6.70. The van der Waals surface area contributed by atoms with E-state index in [1.165, 1.54) is 12.1 Å². The van der Waals surface area contributed by atoms with Crippen LogP contribution in [0, 0.1) is 11.8 Å². The van der Waals surface area contributed by atoms with E-state index in [1.54, 1.807) is 0 Å². The summed E-state index contributed by atoms with van der Waals surface area (Å²) < 4.78 is 37.8. The highest BCUT2D eigenvalue weighted by Gasteiger charge is 2.33. The van der Waals surface area contributed by atoms with Crippen LogP contribution in [0.25, 0.3) is 0 Å². The zero-order chi connectivity index (χ0) is 15.6. The van der Waals surface area contributed by atoms with Gasteiger partial charge in [0.1, 0.15) is 0 Å². The maximum atomic E-state index is 12.6. The van der Waals surface area contributed by atoms with Gasteiger partial charge in [-0.15, -0.1) is 0 Å². The van der Waals surface area contributed by atoms with Gasteiger partial charge in [0, 0.05) is 12.0 Å². The SMILES string of the molecule is O=C(C[C@H]1CC[C@@H](C(=O)O)C1)c1cccc(C(F)(F)F)c1. The summed E-state index contributed by atoms with van der Waals surface area (Å²) in [6, 6.07) is 4.35. The number of hydrogen-bond donors (Lipinski definition) is 1. The highest BCUT2D eigenvalue weighted by atomic mass is 19.4. The van der Waals surface area contributed by atoms with Crippen molar-refractivity contribution in [1.29, 1.82) is 0 Å². The van der Waals surface area contributed by atoms with E-state index < -0.39 is 23.6 Å². The molecule has 0 unspecified atom stereocenters. The fourth-order valence-electron chi connectivity index (χ4n) is 2.73. The van der Waals surface area contributed by atoms with Crippen molar-refractivity contribution >= 4 is 11.8 Å². The standard InChI is InChI=1S/C15H15F3O3/c16-15(17,18)12-3-1-2-10(8-12)13(19)7-9-4-5-11(6-9)14(20)21/h1-3,8-9,11H,4-7H2,(H,20,21)/t9-,11+/m0/s1. The summed E-state index contributed by atoms with van der Waals surface area (Å²) in [5.74, 6) is -1.74. The summed E-state index contributed by atoms with van der Waals surface area (Å²) >= 11 is 0. The number of carbonyl (C=O) groups excluding carboxylic acids is 1. The molecule has 0 amide bonds. The van der Waals surface area contributed by atoms with Crippen LogP contribution in [0.5, 0.6) is 0 Å². The van der Waals surface area contributed by atoms with Gasteiger partial charge in [-0.3, -0.25) is 9.59 Å². The van der Waals surface area contributed by atoms with Gasteiger partial charge in [0.05, 0.1) is 11.5 Å². The predicted octanol–water partition coefficient (Wildman–Crippen LogP) is 3.78. The van der Waals surface area contributed by atoms with Crippen molar-refractivity contribution in [2.75, 3.05) is 0 Å². The number of alkyl halides is 3. The van der Waals surface area contributed by atoms with E-state index in [4.69, 9.17) is 5.11 Å². The van der Waals surface area contributed by atoms with E-state index in [0.717, 1.165) is 12.1 Å². The molecule has 0 aromatic heterocycles. The van der Waals surface area contributed by atoms with Crippen molar-refractivity contribution in [1.82, 2.24) is 0 Å². The molecule has 0 bridgehead atoms. The van der Waals surface area contributed by atoms with E-state index in [9.17, 15) is 22.8 Å². The smallest absolute Gasteiger partial charge is 0.416 e. The van der Waals surface area contributed by atoms with Crippen molar-refractivity contribution in [3.63, 3.8) is 0 Å². The third kappa shape index (κ3) is 3.83. The van der Waals surface area contributed by atoms with Gasteiger partial charge < -0.3 is 5.11 Å². The van der Waals surface area contributed by atoms with Crippen LogP contribution < -0.4 is 0 Å². The summed E-state index contributed by atoms with van der Waals surface area (Å²) in [5.41, 5.74) is -0.813. The molecular weight excluding hydrogens is 285 g/mol. The Morgan fingerprint density at radius 3 is 2.52 bits per heavy atom. The number of Topliss-reactive ketones (excluding diaryl/α,β-unsaturated/α-hetero) is 1. The van der Waals surface area contributed by atoms with Crippen molar-refractivity contribution in [2.45, 2.75) is 31.9 Å². The average molecular weight is 300 g/mol. The van der Waals surface area contributed by atoms with Crippen LogP contribution >= 0.6 is 0 Å². The second-order valence-corrected chi connectivity index (χ2v) is 5.42. The molecule has 6 heteroatoms. The lowest BCUT2D eigenvalue weighted by Gasteiger charge is -2.11. The van der Waals surface area contributed by atoms with Crippen LogP contribution in [0.1, 0.15) is 41.6 Å². The molecule has 2 rings (SSSR count). The van der Waals surface area contributed by atoms with Gasteiger partial charge in [-0.2, -0.15) is 13.2 Å². The summed E-state index contributed by atoms with van der Waals surface area (Å²) in [6.45, 7) is 0. The summed E-state index contributed by atoms with van der Waals surface area (Å²) in [5, 5.41) is 8.90. The molecular formula is C15H15F3O3. The van der Waals surface area contributed by atoms with E-state index in [-0.39, 0.29) is 23.7 Å². The lowest BCUT2D eigenvalue weighted by molar-refractivity contribution is -0.141. The number of hydrogen-bond acceptors (Lipinski definition) is 2. The molecule has 1 N–H and O–H groups in total. The van der Waals surface area contributed by atoms with E-state index in [2.05, 4.69) is 0 Å². The number of ketones is 1. The summed E-state index contributed by atoms with van der Waals surface area (Å²) in [4.78, 5) is 22.9. The number of benzene rings is 1. The van der Waals surface area contributed by atoms with Crippen LogP contribution in [0.4, 0.5) is 13.2 Å². The van der Waals surface area contributed by atoms with Gasteiger partial charge in [0.2, 0.25) is 0 Å². The zero-order valence-corrected chi connectivity index (χ0v) is 11.2. The van der Waals surface area contributed by atoms with Crippen LogP contribution in [-0.4, -0.2) is 16.9 Å². The van der Waals surface area contributed by atoms with Crippen LogP contribution in [-0.2, 0) is 11.0 Å². The molecule has 2 atom stereocenters. The molecule has 1 saturated carbocycles. The lowest BCUT2D eigenvalue weighted by atomic mass is 9.95. The second kappa shape index (κ2) is 5.87. The predicted molar refractivity (Wildman–Crippen MR) is 68.9 cm³/mol. The van der Waals surface area contributed by atoms with Crippen LogP contribution in [0.2, 0.25) is 0 Å².